The first kappa shape index (κ1) is 20.1. The van der Waals surface area contributed by atoms with Crippen LogP contribution < -0.4 is 5.73 Å². The lowest BCUT2D eigenvalue weighted by Gasteiger charge is -2.29. The highest BCUT2D eigenvalue weighted by Crippen LogP contribution is 2.42. The molecule has 0 unspecified atom stereocenters. The summed E-state index contributed by atoms with van der Waals surface area (Å²) >= 11 is 0. The molecule has 1 saturated carbocycles. The zero-order chi connectivity index (χ0) is 16.5. The van der Waals surface area contributed by atoms with Gasteiger partial charge in [-0.2, -0.15) is 26.3 Å². The van der Waals surface area contributed by atoms with Crippen LogP contribution in [0.1, 0.15) is 54.8 Å². The molecule has 1 atom stereocenters. The number of hydrogen-bond donors (Lipinski definition) is 1. The fourth-order valence-electron chi connectivity index (χ4n) is 3.02. The van der Waals surface area contributed by atoms with Crippen molar-refractivity contribution in [3.63, 3.8) is 0 Å². The molecule has 1 aromatic rings. The summed E-state index contributed by atoms with van der Waals surface area (Å²) in [5.41, 5.74) is 3.12. The van der Waals surface area contributed by atoms with Crippen molar-refractivity contribution in [3.8, 4) is 0 Å². The summed E-state index contributed by atoms with van der Waals surface area (Å²) in [5.74, 6) is -0.119. The van der Waals surface area contributed by atoms with E-state index in [0.29, 0.717) is 18.9 Å². The van der Waals surface area contributed by atoms with E-state index in [1.54, 1.807) is 0 Å². The Balaban J connectivity index is 0.00000264. The van der Waals surface area contributed by atoms with E-state index in [9.17, 15) is 26.3 Å². The minimum atomic E-state index is -4.86. The first-order valence-electron chi connectivity index (χ1n) is 7.14. The summed E-state index contributed by atoms with van der Waals surface area (Å²) in [4.78, 5) is 0. The zero-order valence-corrected chi connectivity index (χ0v) is 13.0. The Hall–Kier alpha value is -0.950. The van der Waals surface area contributed by atoms with Crippen LogP contribution in [0, 0.1) is 5.92 Å². The van der Waals surface area contributed by atoms with Gasteiger partial charge in [-0.15, -0.1) is 12.4 Å². The molecule has 2 N–H and O–H groups in total. The van der Waals surface area contributed by atoms with Gasteiger partial charge in [0, 0.05) is 6.04 Å². The fourth-order valence-corrected chi connectivity index (χ4v) is 3.02. The number of rotatable bonds is 2. The van der Waals surface area contributed by atoms with E-state index in [1.165, 1.54) is 0 Å². The van der Waals surface area contributed by atoms with Crippen molar-refractivity contribution in [3.05, 3.63) is 34.9 Å². The second kappa shape index (κ2) is 7.30. The molecule has 1 aliphatic carbocycles. The number of benzene rings is 1. The van der Waals surface area contributed by atoms with Gasteiger partial charge in [-0.25, -0.2) is 0 Å². The van der Waals surface area contributed by atoms with Crippen molar-refractivity contribution in [1.82, 2.24) is 0 Å². The molecule has 0 heterocycles. The largest absolute Gasteiger partial charge is 0.416 e. The van der Waals surface area contributed by atoms with Gasteiger partial charge >= 0.3 is 12.4 Å². The van der Waals surface area contributed by atoms with E-state index in [0.717, 1.165) is 25.3 Å². The Labute approximate surface area is 136 Å². The minimum absolute atomic E-state index is 0. The molecule has 0 saturated heterocycles. The van der Waals surface area contributed by atoms with Gasteiger partial charge in [-0.3, -0.25) is 0 Å². The quantitative estimate of drug-likeness (QED) is 0.669. The summed E-state index contributed by atoms with van der Waals surface area (Å²) in [6.45, 7) is 0. The summed E-state index contributed by atoms with van der Waals surface area (Å²) in [7, 11) is 0. The summed E-state index contributed by atoms with van der Waals surface area (Å²) < 4.78 is 77.3. The van der Waals surface area contributed by atoms with Crippen LogP contribution in [0.2, 0.25) is 0 Å². The molecule has 0 spiro atoms. The van der Waals surface area contributed by atoms with E-state index in [4.69, 9.17) is 5.73 Å². The van der Waals surface area contributed by atoms with Crippen molar-refractivity contribution >= 4 is 12.4 Å². The Morgan fingerprint density at radius 1 is 0.913 bits per heavy atom. The molecule has 0 aromatic heterocycles. The maximum atomic E-state index is 13.1. The fraction of sp³-hybridized carbons (Fsp3) is 0.600. The average Bonchev–Trinajstić information content (AvgIpc) is 2.45. The van der Waals surface area contributed by atoms with E-state index in [-0.39, 0.29) is 30.0 Å². The molecule has 2 rings (SSSR count). The molecule has 1 nitrogen and oxygen atoms in total. The van der Waals surface area contributed by atoms with Gasteiger partial charge in [-0.05, 0) is 36.5 Å². The number of hydrogen-bond acceptors (Lipinski definition) is 1. The highest BCUT2D eigenvalue weighted by Gasteiger charge is 2.40. The second-order valence-corrected chi connectivity index (χ2v) is 5.72. The molecule has 0 amide bonds. The molecular formula is C15H18ClF6N. The molecule has 0 radical (unpaired) electrons. The Bertz CT molecular complexity index is 520. The minimum Gasteiger partial charge on any atom is -0.324 e. The predicted octanol–water partition coefficient (Wildman–Crippen LogP) is 5.73. The van der Waals surface area contributed by atoms with E-state index in [2.05, 4.69) is 0 Å². The van der Waals surface area contributed by atoms with Gasteiger partial charge in [-0.1, -0.05) is 25.3 Å². The molecule has 8 heteroatoms. The molecule has 1 fully saturated rings. The molecule has 1 aromatic carbocycles. The molecule has 1 aliphatic rings. The maximum absolute atomic E-state index is 13.1. The van der Waals surface area contributed by atoms with Crippen LogP contribution in [0.25, 0.3) is 0 Å². The van der Waals surface area contributed by atoms with E-state index >= 15 is 0 Å². The molecular weight excluding hydrogens is 344 g/mol. The molecule has 132 valence electrons. The van der Waals surface area contributed by atoms with Crippen LogP contribution in [0.5, 0.6) is 0 Å². The van der Waals surface area contributed by atoms with Crippen LogP contribution in [-0.4, -0.2) is 0 Å². The van der Waals surface area contributed by atoms with Gasteiger partial charge < -0.3 is 5.73 Å². The molecule has 0 bridgehead atoms. The van der Waals surface area contributed by atoms with Gasteiger partial charge in [0.05, 0.1) is 11.1 Å². The van der Waals surface area contributed by atoms with Crippen LogP contribution in [0.15, 0.2) is 18.2 Å². The summed E-state index contributed by atoms with van der Waals surface area (Å²) in [5, 5.41) is 0. The standard InChI is InChI=1S/C15H17F6N.ClH/c16-14(17,18)10-6-7-11(12(8-10)15(19,20)21)13(22)9-4-2-1-3-5-9;/h6-9,13H,1-5,22H2;1H/t13-;/m0./s1. The van der Waals surface area contributed by atoms with Crippen molar-refractivity contribution in [1.29, 1.82) is 0 Å². The highest BCUT2D eigenvalue weighted by molar-refractivity contribution is 5.85. The van der Waals surface area contributed by atoms with Crippen LogP contribution in [-0.2, 0) is 12.4 Å². The van der Waals surface area contributed by atoms with Gasteiger partial charge in [0.1, 0.15) is 0 Å². The van der Waals surface area contributed by atoms with Crippen molar-refractivity contribution in [2.24, 2.45) is 11.7 Å². The Kier molecular flexibility index (Phi) is 6.38. The third kappa shape index (κ3) is 4.76. The number of halogens is 7. The van der Waals surface area contributed by atoms with Crippen molar-refractivity contribution < 1.29 is 26.3 Å². The van der Waals surface area contributed by atoms with Gasteiger partial charge in [0.25, 0.3) is 0 Å². The van der Waals surface area contributed by atoms with Crippen molar-refractivity contribution in [2.45, 2.75) is 50.5 Å². The average molecular weight is 362 g/mol. The predicted molar refractivity (Wildman–Crippen MR) is 77.2 cm³/mol. The first-order valence-corrected chi connectivity index (χ1v) is 7.14. The Morgan fingerprint density at radius 3 is 1.96 bits per heavy atom. The molecule has 23 heavy (non-hydrogen) atoms. The second-order valence-electron chi connectivity index (χ2n) is 5.72. The first-order chi connectivity index (χ1) is 10.1. The highest BCUT2D eigenvalue weighted by atomic mass is 35.5. The van der Waals surface area contributed by atoms with Crippen LogP contribution in [0.3, 0.4) is 0 Å². The SMILES string of the molecule is Cl.N[C@H](c1ccc(C(F)(F)F)cc1C(F)(F)F)C1CCCCC1. The van der Waals surface area contributed by atoms with Crippen LogP contribution in [0.4, 0.5) is 26.3 Å². The Morgan fingerprint density at radius 2 is 1.48 bits per heavy atom. The molecule has 0 aliphatic heterocycles. The third-order valence-electron chi connectivity index (χ3n) is 4.20. The van der Waals surface area contributed by atoms with E-state index < -0.39 is 29.5 Å². The lowest BCUT2D eigenvalue weighted by molar-refractivity contribution is -0.143. The smallest absolute Gasteiger partial charge is 0.324 e. The normalized spacial score (nSPS) is 18.4. The lowest BCUT2D eigenvalue weighted by atomic mass is 9.80. The zero-order valence-electron chi connectivity index (χ0n) is 12.2. The maximum Gasteiger partial charge on any atom is 0.416 e. The number of alkyl halides is 6. The van der Waals surface area contributed by atoms with Crippen molar-refractivity contribution in [2.75, 3.05) is 0 Å². The van der Waals surface area contributed by atoms with Crippen LogP contribution >= 0.6 is 12.4 Å². The summed E-state index contributed by atoms with van der Waals surface area (Å²) in [6.07, 6.45) is -5.46. The lowest BCUT2D eigenvalue weighted by Crippen LogP contribution is -2.26. The number of nitrogens with two attached hydrogens (primary N) is 1. The third-order valence-corrected chi connectivity index (χ3v) is 4.20. The monoisotopic (exact) mass is 361 g/mol. The van der Waals surface area contributed by atoms with Gasteiger partial charge in [0.2, 0.25) is 0 Å². The topological polar surface area (TPSA) is 26.0 Å². The van der Waals surface area contributed by atoms with E-state index in [1.807, 2.05) is 0 Å². The summed E-state index contributed by atoms with van der Waals surface area (Å²) in [6, 6.07) is 0.829. The van der Waals surface area contributed by atoms with Gasteiger partial charge in [0.15, 0.2) is 0 Å².